The summed E-state index contributed by atoms with van der Waals surface area (Å²) in [4.78, 5) is 3.05. The van der Waals surface area contributed by atoms with Gasteiger partial charge in [-0.25, -0.2) is 4.21 Å². The molecule has 0 amide bonds. The first-order valence-electron chi connectivity index (χ1n) is 7.03. The van der Waals surface area contributed by atoms with E-state index in [1.54, 1.807) is 0 Å². The average molecular weight is 298 g/mol. The van der Waals surface area contributed by atoms with E-state index in [4.69, 9.17) is 0 Å². The summed E-state index contributed by atoms with van der Waals surface area (Å²) in [6.07, 6.45) is 1.82. The smallest absolute Gasteiger partial charge is 0.172 e. The molecule has 1 heterocycles. The molecule has 1 aliphatic heterocycles. The molecule has 0 radical (unpaired) electrons. The van der Waals surface area contributed by atoms with Crippen molar-refractivity contribution in [3.05, 3.63) is 65.7 Å². The highest BCUT2D eigenvalue weighted by atomic mass is 32.2. The molecule has 0 bridgehead atoms. The number of aryl methyl sites for hydroxylation is 1. The van der Waals surface area contributed by atoms with Crippen LogP contribution in [0.1, 0.15) is 11.1 Å². The molecule has 21 heavy (non-hydrogen) atoms. The molecule has 3 rings (SSSR count). The Hall–Kier alpha value is -1.78. The van der Waals surface area contributed by atoms with Gasteiger partial charge in [-0.05, 0) is 24.6 Å². The molecule has 3 nitrogen and oxygen atoms in total. The number of hydrogen-bond donors (Lipinski definition) is 0. The maximum absolute atomic E-state index is 12.0. The first-order valence-corrected chi connectivity index (χ1v) is 8.14. The van der Waals surface area contributed by atoms with Crippen molar-refractivity contribution in [1.82, 2.24) is 4.90 Å². The van der Waals surface area contributed by atoms with E-state index in [2.05, 4.69) is 21.4 Å². The normalized spacial score (nSPS) is 22.3. The van der Waals surface area contributed by atoms with Gasteiger partial charge in [-0.3, -0.25) is 4.90 Å². The lowest BCUT2D eigenvalue weighted by Crippen LogP contribution is -2.03. The number of nitrogens with zero attached hydrogens (tertiary/aromatic N) is 2. The van der Waals surface area contributed by atoms with Crippen LogP contribution in [0, 0.1) is 6.92 Å². The molecule has 1 fully saturated rings. The molecule has 1 aliphatic rings. The molecular formula is C17H18N2OS. The third-order valence-corrected chi connectivity index (χ3v) is 4.53. The molecule has 108 valence electrons. The van der Waals surface area contributed by atoms with Gasteiger partial charge in [0.05, 0.1) is 10.9 Å². The highest BCUT2D eigenvalue weighted by Crippen LogP contribution is 2.20. The zero-order valence-corrected chi connectivity index (χ0v) is 12.8. The standard InChI is InChI=1S/C17H18N2OS/c1-14-7-9-17(10-8-14)21(20)18-11-16-13-19(16)12-15-5-3-2-4-6-15/h2-11,16H,12-13H2,1H3/b18-11+/t16-,19?,21+/m1/s1. The fraction of sp³-hybridized carbons (Fsp3) is 0.235. The predicted octanol–water partition coefficient (Wildman–Crippen LogP) is 2.97. The second-order valence-corrected chi connectivity index (χ2v) is 6.48. The van der Waals surface area contributed by atoms with E-state index in [0.29, 0.717) is 6.04 Å². The van der Waals surface area contributed by atoms with Gasteiger partial charge in [0.25, 0.3) is 0 Å². The Morgan fingerprint density at radius 2 is 1.90 bits per heavy atom. The molecule has 3 atom stereocenters. The average Bonchev–Trinajstić information content (AvgIpc) is 3.24. The molecule has 1 unspecified atom stereocenters. The summed E-state index contributed by atoms with van der Waals surface area (Å²) >= 11 is 0. The van der Waals surface area contributed by atoms with E-state index in [-0.39, 0.29) is 0 Å². The van der Waals surface area contributed by atoms with Gasteiger partial charge in [0.15, 0.2) is 11.0 Å². The topological polar surface area (TPSA) is 32.4 Å². The molecule has 0 spiro atoms. The maximum Gasteiger partial charge on any atom is 0.172 e. The summed E-state index contributed by atoms with van der Waals surface area (Å²) < 4.78 is 16.2. The van der Waals surface area contributed by atoms with E-state index in [1.165, 1.54) is 5.56 Å². The van der Waals surface area contributed by atoms with Crippen molar-refractivity contribution >= 4 is 17.2 Å². The van der Waals surface area contributed by atoms with Crippen molar-refractivity contribution < 1.29 is 4.21 Å². The molecule has 4 heteroatoms. The van der Waals surface area contributed by atoms with Crippen LogP contribution in [0.15, 0.2) is 63.9 Å². The Labute approximate surface area is 127 Å². The molecular weight excluding hydrogens is 280 g/mol. The van der Waals surface area contributed by atoms with Gasteiger partial charge in [0.1, 0.15) is 0 Å². The summed E-state index contributed by atoms with van der Waals surface area (Å²) in [6, 6.07) is 18.4. The first-order chi connectivity index (χ1) is 10.2. The quantitative estimate of drug-likeness (QED) is 0.628. The van der Waals surface area contributed by atoms with Gasteiger partial charge in [0, 0.05) is 19.3 Å². The Morgan fingerprint density at radius 3 is 2.62 bits per heavy atom. The molecule has 2 aromatic rings. The lowest BCUT2D eigenvalue weighted by atomic mass is 10.2. The summed E-state index contributed by atoms with van der Waals surface area (Å²) in [5.74, 6) is 0. The van der Waals surface area contributed by atoms with E-state index < -0.39 is 11.0 Å². The van der Waals surface area contributed by atoms with Crippen LogP contribution < -0.4 is 0 Å². The largest absolute Gasteiger partial charge is 0.288 e. The highest BCUT2D eigenvalue weighted by Gasteiger charge is 2.32. The van der Waals surface area contributed by atoms with E-state index >= 15 is 0 Å². The lowest BCUT2D eigenvalue weighted by Gasteiger charge is -2.01. The second kappa shape index (κ2) is 6.33. The zero-order chi connectivity index (χ0) is 14.7. The van der Waals surface area contributed by atoms with Crippen molar-refractivity contribution in [2.45, 2.75) is 24.4 Å². The van der Waals surface area contributed by atoms with Crippen LogP contribution in [0.25, 0.3) is 0 Å². The number of rotatable bonds is 5. The van der Waals surface area contributed by atoms with Crippen LogP contribution in [0.5, 0.6) is 0 Å². The minimum atomic E-state index is -1.29. The Kier molecular flexibility index (Phi) is 4.27. The molecule has 0 aliphatic carbocycles. The van der Waals surface area contributed by atoms with E-state index in [1.807, 2.05) is 55.6 Å². The zero-order valence-electron chi connectivity index (χ0n) is 12.0. The maximum atomic E-state index is 12.0. The monoisotopic (exact) mass is 298 g/mol. The SMILES string of the molecule is Cc1ccc([S@](=O)/N=C/[C@@H]2CN2Cc2ccccc2)cc1. The molecule has 0 N–H and O–H groups in total. The number of benzene rings is 2. The molecule has 1 saturated heterocycles. The summed E-state index contributed by atoms with van der Waals surface area (Å²) in [5, 5.41) is 0. The minimum Gasteiger partial charge on any atom is -0.288 e. The van der Waals surface area contributed by atoms with Gasteiger partial charge in [0.2, 0.25) is 0 Å². The predicted molar refractivity (Wildman–Crippen MR) is 86.7 cm³/mol. The Bertz CT molecular complexity index is 652. The highest BCUT2D eigenvalue weighted by molar-refractivity contribution is 7.83. The summed E-state index contributed by atoms with van der Waals surface area (Å²) in [7, 11) is -1.29. The van der Waals surface area contributed by atoms with Crippen molar-refractivity contribution in [3.63, 3.8) is 0 Å². The van der Waals surface area contributed by atoms with Gasteiger partial charge in [-0.1, -0.05) is 48.0 Å². The van der Waals surface area contributed by atoms with Crippen LogP contribution in [-0.2, 0) is 17.5 Å². The van der Waals surface area contributed by atoms with Crippen LogP contribution in [0.4, 0.5) is 0 Å². The van der Waals surface area contributed by atoms with Crippen LogP contribution >= 0.6 is 0 Å². The fourth-order valence-electron chi connectivity index (χ4n) is 2.18. The van der Waals surface area contributed by atoms with Gasteiger partial charge < -0.3 is 0 Å². The Morgan fingerprint density at radius 1 is 1.19 bits per heavy atom. The van der Waals surface area contributed by atoms with Crippen molar-refractivity contribution in [3.8, 4) is 0 Å². The summed E-state index contributed by atoms with van der Waals surface area (Å²) in [6.45, 7) is 3.93. The van der Waals surface area contributed by atoms with Crippen molar-refractivity contribution in [2.24, 2.45) is 4.40 Å². The Balaban J connectivity index is 1.54. The van der Waals surface area contributed by atoms with E-state index in [0.717, 1.165) is 23.5 Å². The van der Waals surface area contributed by atoms with Crippen LogP contribution in [0.3, 0.4) is 0 Å². The minimum absolute atomic E-state index is 0.319. The van der Waals surface area contributed by atoms with Gasteiger partial charge >= 0.3 is 0 Å². The first kappa shape index (κ1) is 14.2. The second-order valence-electron chi connectivity index (χ2n) is 5.30. The number of hydrogen-bond acceptors (Lipinski definition) is 2. The van der Waals surface area contributed by atoms with Crippen molar-refractivity contribution in [1.29, 1.82) is 0 Å². The lowest BCUT2D eigenvalue weighted by molar-refractivity contribution is 0.539. The summed E-state index contributed by atoms with van der Waals surface area (Å²) in [5.41, 5.74) is 2.46. The van der Waals surface area contributed by atoms with Gasteiger partial charge in [-0.2, -0.15) is 4.40 Å². The third kappa shape index (κ3) is 3.86. The van der Waals surface area contributed by atoms with E-state index in [9.17, 15) is 4.21 Å². The third-order valence-electron chi connectivity index (χ3n) is 3.54. The van der Waals surface area contributed by atoms with Crippen LogP contribution in [-0.4, -0.2) is 27.9 Å². The molecule has 0 saturated carbocycles. The molecule has 2 aromatic carbocycles. The van der Waals surface area contributed by atoms with Crippen molar-refractivity contribution in [2.75, 3.05) is 6.54 Å². The fourth-order valence-corrected chi connectivity index (χ4v) is 2.92. The van der Waals surface area contributed by atoms with Crippen LogP contribution in [0.2, 0.25) is 0 Å². The molecule has 0 aromatic heterocycles. The van der Waals surface area contributed by atoms with Gasteiger partial charge in [-0.15, -0.1) is 0 Å².